The molecule has 0 aliphatic carbocycles. The summed E-state index contributed by atoms with van der Waals surface area (Å²) in [5.74, 6) is -0.367. The van der Waals surface area contributed by atoms with Crippen molar-refractivity contribution in [3.8, 4) is 0 Å². The van der Waals surface area contributed by atoms with Crippen LogP contribution in [-0.4, -0.2) is 5.11 Å². The molecule has 0 bridgehead atoms. The Morgan fingerprint density at radius 2 is 1.95 bits per heavy atom. The fraction of sp³-hybridized carbons (Fsp3) is 0.0667. The van der Waals surface area contributed by atoms with Crippen LogP contribution >= 0.6 is 43.2 Å². The zero-order chi connectivity index (χ0) is 14.3. The highest BCUT2D eigenvalue weighted by atomic mass is 79.9. The van der Waals surface area contributed by atoms with E-state index < -0.39 is 6.10 Å². The van der Waals surface area contributed by atoms with E-state index in [1.807, 2.05) is 23.6 Å². The third-order valence-electron chi connectivity index (χ3n) is 3.08. The van der Waals surface area contributed by atoms with Gasteiger partial charge in [0.15, 0.2) is 0 Å². The molecule has 0 spiro atoms. The van der Waals surface area contributed by atoms with Crippen molar-refractivity contribution in [2.45, 2.75) is 6.10 Å². The fourth-order valence-electron chi connectivity index (χ4n) is 2.17. The van der Waals surface area contributed by atoms with Crippen LogP contribution in [0.1, 0.15) is 17.2 Å². The van der Waals surface area contributed by atoms with Crippen molar-refractivity contribution >= 4 is 53.3 Å². The molecule has 3 rings (SSSR count). The van der Waals surface area contributed by atoms with Gasteiger partial charge in [-0.2, -0.15) is 0 Å². The van der Waals surface area contributed by atoms with Gasteiger partial charge in [-0.1, -0.05) is 28.1 Å². The fourth-order valence-corrected chi connectivity index (χ4v) is 4.29. The van der Waals surface area contributed by atoms with Crippen LogP contribution in [0.3, 0.4) is 0 Å². The Kier molecular flexibility index (Phi) is 3.95. The van der Waals surface area contributed by atoms with Crippen molar-refractivity contribution in [2.24, 2.45) is 0 Å². The van der Waals surface area contributed by atoms with Crippen molar-refractivity contribution < 1.29 is 9.50 Å². The maximum atomic E-state index is 13.5. The molecule has 0 fully saturated rings. The highest BCUT2D eigenvalue weighted by molar-refractivity contribution is 9.11. The topological polar surface area (TPSA) is 20.2 Å². The Hall–Kier alpha value is -0.750. The van der Waals surface area contributed by atoms with Gasteiger partial charge in [-0.15, -0.1) is 11.3 Å². The Labute approximate surface area is 136 Å². The first-order valence-corrected chi connectivity index (χ1v) is 8.32. The van der Waals surface area contributed by atoms with Crippen molar-refractivity contribution in [1.82, 2.24) is 0 Å². The van der Waals surface area contributed by atoms with Crippen LogP contribution in [0.15, 0.2) is 50.7 Å². The predicted octanol–water partition coefficient (Wildman–Crippen LogP) is 5.65. The summed E-state index contributed by atoms with van der Waals surface area (Å²) >= 11 is 8.31. The molecule has 0 saturated heterocycles. The van der Waals surface area contributed by atoms with Gasteiger partial charge < -0.3 is 5.11 Å². The number of benzene rings is 2. The molecule has 0 amide bonds. The van der Waals surface area contributed by atoms with E-state index in [0.29, 0.717) is 10.0 Å². The number of hydrogen-bond acceptors (Lipinski definition) is 2. The summed E-state index contributed by atoms with van der Waals surface area (Å²) in [6, 6.07) is 10.3. The lowest BCUT2D eigenvalue weighted by molar-refractivity contribution is 0.221. The minimum absolute atomic E-state index is 0.367. The molecule has 5 heteroatoms. The van der Waals surface area contributed by atoms with Crippen LogP contribution in [-0.2, 0) is 0 Å². The number of rotatable bonds is 2. The molecule has 0 saturated carbocycles. The van der Waals surface area contributed by atoms with E-state index in [-0.39, 0.29) is 5.82 Å². The SMILES string of the molecule is OC(c1cc(F)cc(Br)c1)c1csc2c(Br)cccc12. The molecule has 0 aliphatic heterocycles. The number of halogens is 3. The monoisotopic (exact) mass is 414 g/mol. The average molecular weight is 416 g/mol. The molecule has 102 valence electrons. The van der Waals surface area contributed by atoms with Gasteiger partial charge in [0.25, 0.3) is 0 Å². The molecule has 1 nitrogen and oxygen atoms in total. The first-order valence-electron chi connectivity index (χ1n) is 5.86. The molecule has 2 aromatic carbocycles. The molecule has 1 atom stereocenters. The van der Waals surface area contributed by atoms with E-state index in [1.54, 1.807) is 17.4 Å². The molecule has 0 radical (unpaired) electrons. The smallest absolute Gasteiger partial charge is 0.124 e. The largest absolute Gasteiger partial charge is 0.384 e. The molecule has 20 heavy (non-hydrogen) atoms. The second-order valence-electron chi connectivity index (χ2n) is 4.41. The van der Waals surface area contributed by atoms with Crippen LogP contribution < -0.4 is 0 Å². The van der Waals surface area contributed by atoms with Crippen molar-refractivity contribution in [1.29, 1.82) is 0 Å². The molecule has 1 unspecified atom stereocenters. The lowest BCUT2D eigenvalue weighted by Gasteiger charge is -2.11. The van der Waals surface area contributed by atoms with Crippen LogP contribution in [0, 0.1) is 5.82 Å². The summed E-state index contributed by atoms with van der Waals surface area (Å²) in [6.45, 7) is 0. The van der Waals surface area contributed by atoms with E-state index >= 15 is 0 Å². The summed E-state index contributed by atoms with van der Waals surface area (Å²) in [5, 5.41) is 13.4. The van der Waals surface area contributed by atoms with Crippen LogP contribution in [0.2, 0.25) is 0 Å². The summed E-state index contributed by atoms with van der Waals surface area (Å²) in [6.07, 6.45) is -0.843. The molecule has 1 aromatic heterocycles. The lowest BCUT2D eigenvalue weighted by atomic mass is 10.0. The Morgan fingerprint density at radius 3 is 2.70 bits per heavy atom. The van der Waals surface area contributed by atoms with Gasteiger partial charge in [-0.3, -0.25) is 0 Å². The summed E-state index contributed by atoms with van der Waals surface area (Å²) in [7, 11) is 0. The molecule has 3 aromatic rings. The van der Waals surface area contributed by atoms with Gasteiger partial charge >= 0.3 is 0 Å². The third kappa shape index (κ3) is 2.55. The Bertz CT molecular complexity index is 764. The van der Waals surface area contributed by atoms with Gasteiger partial charge in [0.1, 0.15) is 11.9 Å². The second-order valence-corrected chi connectivity index (χ2v) is 7.06. The van der Waals surface area contributed by atoms with Crippen molar-refractivity contribution in [3.05, 3.63) is 67.7 Å². The first kappa shape index (κ1) is 14.2. The quantitative estimate of drug-likeness (QED) is 0.573. The van der Waals surface area contributed by atoms with Gasteiger partial charge in [-0.05, 0) is 56.5 Å². The second kappa shape index (κ2) is 5.56. The maximum Gasteiger partial charge on any atom is 0.124 e. The van der Waals surface area contributed by atoms with E-state index in [9.17, 15) is 9.50 Å². The first-order chi connectivity index (χ1) is 9.56. The maximum absolute atomic E-state index is 13.5. The summed E-state index contributed by atoms with van der Waals surface area (Å²) in [5.41, 5.74) is 1.33. The molecular weight excluding hydrogens is 407 g/mol. The van der Waals surface area contributed by atoms with Crippen LogP contribution in [0.25, 0.3) is 10.1 Å². The molecular formula is C15H9Br2FOS. The van der Waals surface area contributed by atoms with Gasteiger partial charge in [0, 0.05) is 19.2 Å². The van der Waals surface area contributed by atoms with Crippen LogP contribution in [0.5, 0.6) is 0 Å². The van der Waals surface area contributed by atoms with E-state index in [1.165, 1.54) is 12.1 Å². The Balaban J connectivity index is 2.13. The highest BCUT2D eigenvalue weighted by Crippen LogP contribution is 2.37. The summed E-state index contributed by atoms with van der Waals surface area (Å²) in [4.78, 5) is 0. The highest BCUT2D eigenvalue weighted by Gasteiger charge is 2.17. The number of hydrogen-bond donors (Lipinski definition) is 1. The minimum atomic E-state index is -0.843. The predicted molar refractivity (Wildman–Crippen MR) is 87.7 cm³/mol. The zero-order valence-corrected chi connectivity index (χ0v) is 14.1. The standard InChI is InChI=1S/C15H9Br2FOS/c16-9-4-8(5-10(18)6-9)14(19)12-7-20-15-11(12)2-1-3-13(15)17/h1-7,14,19H. The molecule has 1 heterocycles. The van der Waals surface area contributed by atoms with Gasteiger partial charge in [-0.25, -0.2) is 4.39 Å². The average Bonchev–Trinajstić information content (AvgIpc) is 2.82. The zero-order valence-electron chi connectivity index (χ0n) is 10.1. The third-order valence-corrected chi connectivity index (χ3v) is 5.51. The lowest BCUT2D eigenvalue weighted by Crippen LogP contribution is -1.99. The number of aliphatic hydroxyl groups is 1. The normalized spacial score (nSPS) is 12.8. The number of thiophene rings is 1. The van der Waals surface area contributed by atoms with Gasteiger partial charge in [0.05, 0.1) is 0 Å². The van der Waals surface area contributed by atoms with Crippen molar-refractivity contribution in [3.63, 3.8) is 0 Å². The minimum Gasteiger partial charge on any atom is -0.384 e. The van der Waals surface area contributed by atoms with Crippen LogP contribution in [0.4, 0.5) is 4.39 Å². The van der Waals surface area contributed by atoms with E-state index in [2.05, 4.69) is 31.9 Å². The number of aliphatic hydroxyl groups excluding tert-OH is 1. The molecule has 0 aliphatic rings. The van der Waals surface area contributed by atoms with Gasteiger partial charge in [0.2, 0.25) is 0 Å². The van der Waals surface area contributed by atoms with E-state index in [4.69, 9.17) is 0 Å². The van der Waals surface area contributed by atoms with E-state index in [0.717, 1.165) is 20.1 Å². The van der Waals surface area contributed by atoms with Crippen molar-refractivity contribution in [2.75, 3.05) is 0 Å². The number of fused-ring (bicyclic) bond motifs is 1. The molecule has 1 N–H and O–H groups in total. The Morgan fingerprint density at radius 1 is 1.15 bits per heavy atom. The summed E-state index contributed by atoms with van der Waals surface area (Å²) < 4.78 is 16.2.